The lowest BCUT2D eigenvalue weighted by Crippen LogP contribution is -2.45. The molecule has 0 aliphatic heterocycles. The highest BCUT2D eigenvalue weighted by atomic mass is 35.5. The van der Waals surface area contributed by atoms with Crippen LogP contribution < -0.4 is 16.2 Å². The van der Waals surface area contributed by atoms with Gasteiger partial charge in [0.25, 0.3) is 11.5 Å². The number of nitrogens with zero attached hydrogens (tertiary/aromatic N) is 3. The zero-order valence-electron chi connectivity index (χ0n) is 27.3. The van der Waals surface area contributed by atoms with Gasteiger partial charge in [0.05, 0.1) is 5.52 Å². The van der Waals surface area contributed by atoms with Crippen molar-refractivity contribution in [2.75, 3.05) is 26.0 Å². The zero-order valence-corrected chi connectivity index (χ0v) is 29.0. The number of anilines is 1. The first-order valence-electron chi connectivity index (χ1n) is 15.5. The molecule has 1 aliphatic rings. The van der Waals surface area contributed by atoms with Gasteiger partial charge in [-0.25, -0.2) is 4.52 Å². The summed E-state index contributed by atoms with van der Waals surface area (Å²) in [6, 6.07) is 9.19. The van der Waals surface area contributed by atoms with Gasteiger partial charge in [-0.3, -0.25) is 14.3 Å². The quantitative estimate of drug-likeness (QED) is 0.173. The number of ether oxygens (including phenoxy) is 1. The van der Waals surface area contributed by atoms with Crippen molar-refractivity contribution in [3.05, 3.63) is 68.1 Å². The van der Waals surface area contributed by atoms with E-state index in [9.17, 15) is 9.59 Å². The van der Waals surface area contributed by atoms with Crippen LogP contribution in [0.2, 0.25) is 30.7 Å². The molecule has 1 aliphatic carbocycles. The van der Waals surface area contributed by atoms with Gasteiger partial charge in [0.2, 0.25) is 0 Å². The van der Waals surface area contributed by atoms with E-state index in [0.717, 1.165) is 60.5 Å². The van der Waals surface area contributed by atoms with Crippen LogP contribution >= 0.6 is 11.6 Å². The summed E-state index contributed by atoms with van der Waals surface area (Å²) < 4.78 is 9.33. The molecule has 2 aromatic heterocycles. The third kappa shape index (κ3) is 7.93. The van der Waals surface area contributed by atoms with Gasteiger partial charge >= 0.3 is 0 Å². The minimum atomic E-state index is -1.20. The number of hydrogen-bond acceptors (Lipinski definition) is 5. The van der Waals surface area contributed by atoms with E-state index in [-0.39, 0.29) is 23.6 Å². The van der Waals surface area contributed by atoms with Crippen molar-refractivity contribution in [3.63, 3.8) is 0 Å². The van der Waals surface area contributed by atoms with E-state index < -0.39 is 8.07 Å². The van der Waals surface area contributed by atoms with E-state index in [4.69, 9.17) is 16.3 Å². The summed E-state index contributed by atoms with van der Waals surface area (Å²) in [4.78, 5) is 29.5. The number of carbonyl (C=O) groups excluding carboxylic acids is 1. The second kappa shape index (κ2) is 13.6. The average molecular weight is 628 g/mol. The normalized spacial score (nSPS) is 19.3. The summed E-state index contributed by atoms with van der Waals surface area (Å²) in [5.41, 5.74) is 4.28. The molecule has 4 rings (SSSR count). The van der Waals surface area contributed by atoms with Gasteiger partial charge in [0.15, 0.2) is 0 Å². The minimum Gasteiger partial charge on any atom is -0.379 e. The third-order valence-electron chi connectivity index (χ3n) is 9.19. The van der Waals surface area contributed by atoms with E-state index in [1.807, 2.05) is 38.2 Å². The van der Waals surface area contributed by atoms with Crippen molar-refractivity contribution < 1.29 is 9.53 Å². The van der Waals surface area contributed by atoms with Crippen molar-refractivity contribution >= 4 is 36.8 Å². The maximum absolute atomic E-state index is 13.6. The Hall–Kier alpha value is -2.59. The topological polar surface area (TPSA) is 80.0 Å². The van der Waals surface area contributed by atoms with E-state index in [2.05, 4.69) is 56.2 Å². The summed E-state index contributed by atoms with van der Waals surface area (Å²) in [7, 11) is 3.10. The Bertz CT molecular complexity index is 1500. The molecule has 1 saturated carbocycles. The molecule has 43 heavy (non-hydrogen) atoms. The Balaban J connectivity index is 1.50. The van der Waals surface area contributed by atoms with Gasteiger partial charge in [0, 0.05) is 60.8 Å². The second-order valence-corrected chi connectivity index (χ2v) is 19.8. The fourth-order valence-corrected chi connectivity index (χ4v) is 7.06. The maximum atomic E-state index is 13.6. The molecule has 2 heterocycles. The van der Waals surface area contributed by atoms with E-state index >= 15 is 0 Å². The molecule has 236 valence electrons. The molecule has 2 N–H and O–H groups in total. The van der Waals surface area contributed by atoms with Gasteiger partial charge in [0.1, 0.15) is 6.73 Å². The highest BCUT2D eigenvalue weighted by Gasteiger charge is 2.35. The molecule has 0 unspecified atom stereocenters. The molecular formula is C33H50ClN5O3Si. The number of pyridine rings is 1. The van der Waals surface area contributed by atoms with Gasteiger partial charge in [-0.05, 0) is 101 Å². The molecule has 0 saturated heterocycles. The first kappa shape index (κ1) is 33.3. The van der Waals surface area contributed by atoms with E-state index in [0.29, 0.717) is 35.5 Å². The fourth-order valence-electron chi connectivity index (χ4n) is 6.08. The van der Waals surface area contributed by atoms with Crippen molar-refractivity contribution in [3.8, 4) is 0 Å². The largest absolute Gasteiger partial charge is 0.379 e. The van der Waals surface area contributed by atoms with Crippen LogP contribution in [0.5, 0.6) is 0 Å². The number of fused-ring (bicyclic) bond motifs is 1. The number of amides is 1. The molecule has 1 fully saturated rings. The Morgan fingerprint density at radius 2 is 1.86 bits per heavy atom. The van der Waals surface area contributed by atoms with Crippen molar-refractivity contribution in [2.45, 2.75) is 103 Å². The van der Waals surface area contributed by atoms with Crippen LogP contribution in [0.4, 0.5) is 5.69 Å². The predicted octanol–water partition coefficient (Wildman–Crippen LogP) is 6.68. The van der Waals surface area contributed by atoms with Gasteiger partial charge < -0.3 is 20.3 Å². The van der Waals surface area contributed by atoms with Crippen LogP contribution in [-0.2, 0) is 18.0 Å². The Labute approximate surface area is 262 Å². The van der Waals surface area contributed by atoms with E-state index in [1.165, 1.54) is 0 Å². The van der Waals surface area contributed by atoms with Crippen LogP contribution in [0.3, 0.4) is 0 Å². The van der Waals surface area contributed by atoms with Crippen LogP contribution in [-0.4, -0.2) is 60.4 Å². The number of carbonyl (C=O) groups is 1. The molecule has 1 aromatic carbocycles. The van der Waals surface area contributed by atoms with Crippen LogP contribution in [0.15, 0.2) is 35.3 Å². The molecular weight excluding hydrogens is 578 g/mol. The zero-order chi connectivity index (χ0) is 31.5. The number of nitrogens with one attached hydrogen (secondary N) is 2. The number of halogens is 1. The van der Waals surface area contributed by atoms with Crippen LogP contribution in [0.1, 0.15) is 66.1 Å². The number of hydrogen-bond donors (Lipinski definition) is 2. The SMILES string of the molecule is CC[C@]1(Nc2cc(Cl)cc(C(=O)NCc3c(C)cc4ccn(COCC[Si](C)(C)C)n4c3=O)c2C)CC[C@@H](N(C)C)CC1. The second-order valence-electron chi connectivity index (χ2n) is 13.7. The van der Waals surface area contributed by atoms with Gasteiger partial charge in [-0.1, -0.05) is 38.2 Å². The highest BCUT2D eigenvalue weighted by molar-refractivity contribution is 6.76. The number of aromatic nitrogens is 2. The number of benzene rings is 1. The molecule has 3 aromatic rings. The Kier molecular flexibility index (Phi) is 10.5. The molecule has 0 bridgehead atoms. The molecule has 0 spiro atoms. The van der Waals surface area contributed by atoms with Crippen molar-refractivity contribution in [1.82, 2.24) is 19.4 Å². The minimum absolute atomic E-state index is 0.0236. The third-order valence-corrected chi connectivity index (χ3v) is 11.1. The van der Waals surface area contributed by atoms with Gasteiger partial charge in [-0.15, -0.1) is 0 Å². The van der Waals surface area contributed by atoms with Crippen LogP contribution in [0.25, 0.3) is 5.52 Å². The first-order valence-corrected chi connectivity index (χ1v) is 19.6. The van der Waals surface area contributed by atoms with Gasteiger partial charge in [-0.2, -0.15) is 0 Å². The standard InChI is InChI=1S/C33H50ClN5O3Si/c1-9-33(13-10-26(11-14-33)37(4)5)36-30-20-25(34)19-28(24(30)3)31(40)35-21-29-23(2)18-27-12-15-38(39(27)32(29)41)22-42-16-17-43(6,7)8/h12,15,18-20,26,36H,9-11,13-14,16-17,21-22H2,1-8H3,(H,35,40)/t26-,33+. The first-order chi connectivity index (χ1) is 20.2. The molecule has 8 nitrogen and oxygen atoms in total. The summed E-state index contributed by atoms with van der Waals surface area (Å²) in [6.07, 6.45) is 7.26. The Morgan fingerprint density at radius 1 is 1.16 bits per heavy atom. The van der Waals surface area contributed by atoms with Crippen molar-refractivity contribution in [1.29, 1.82) is 0 Å². The molecule has 10 heteroatoms. The predicted molar refractivity (Wildman–Crippen MR) is 180 cm³/mol. The highest BCUT2D eigenvalue weighted by Crippen LogP contribution is 2.37. The van der Waals surface area contributed by atoms with Crippen molar-refractivity contribution in [2.24, 2.45) is 0 Å². The van der Waals surface area contributed by atoms with Crippen LogP contribution in [0, 0.1) is 13.8 Å². The fraction of sp³-hybridized carbons (Fsp3) is 0.576. The molecule has 1 amide bonds. The average Bonchev–Trinajstić information content (AvgIpc) is 3.35. The number of rotatable bonds is 12. The summed E-state index contributed by atoms with van der Waals surface area (Å²) >= 11 is 6.56. The van der Waals surface area contributed by atoms with E-state index in [1.54, 1.807) is 15.3 Å². The summed E-state index contributed by atoms with van der Waals surface area (Å²) in [5.74, 6) is -0.251. The molecule has 0 atom stereocenters. The smallest absolute Gasteiger partial charge is 0.275 e. The summed E-state index contributed by atoms with van der Waals surface area (Å²) in [5, 5.41) is 7.32. The summed E-state index contributed by atoms with van der Waals surface area (Å²) in [6.45, 7) is 14.1. The molecule has 0 radical (unpaired) electrons. The maximum Gasteiger partial charge on any atom is 0.275 e. The number of aryl methyl sites for hydroxylation is 1. The lowest BCUT2D eigenvalue weighted by atomic mass is 9.77. The lowest BCUT2D eigenvalue weighted by Gasteiger charge is -2.43. The Morgan fingerprint density at radius 3 is 2.49 bits per heavy atom. The lowest BCUT2D eigenvalue weighted by molar-refractivity contribution is 0.0751. The monoisotopic (exact) mass is 627 g/mol.